The molecule has 2 aliphatic carbocycles. The zero-order valence-corrected chi connectivity index (χ0v) is 15.0. The van der Waals surface area contributed by atoms with Crippen LogP contribution in [0.1, 0.15) is 36.4 Å². The maximum Gasteiger partial charge on any atom is 0.239 e. The van der Waals surface area contributed by atoms with Gasteiger partial charge >= 0.3 is 0 Å². The molecule has 0 spiro atoms. The number of anilines is 1. The number of carbonyl (C=O) groups excluding carboxylic acids is 1. The second kappa shape index (κ2) is 6.65. The highest BCUT2D eigenvalue weighted by molar-refractivity contribution is 9.10. The normalized spacial score (nSPS) is 19.3. The van der Waals surface area contributed by atoms with Crippen LogP contribution in [0.4, 0.5) is 5.82 Å². The van der Waals surface area contributed by atoms with Crippen molar-refractivity contribution in [2.45, 2.75) is 37.8 Å². The molecule has 1 amide bonds. The van der Waals surface area contributed by atoms with Gasteiger partial charge < -0.3 is 5.32 Å². The fourth-order valence-corrected chi connectivity index (χ4v) is 3.81. The Morgan fingerprint density at radius 3 is 2.79 bits per heavy atom. The molecule has 1 heterocycles. The first-order chi connectivity index (χ1) is 11.7. The molecule has 0 bridgehead atoms. The Balaban J connectivity index is 1.46. The Labute approximate surface area is 150 Å². The van der Waals surface area contributed by atoms with E-state index in [1.54, 1.807) is 6.20 Å². The van der Waals surface area contributed by atoms with Crippen LogP contribution in [0.25, 0.3) is 0 Å². The number of amides is 1. The van der Waals surface area contributed by atoms with Crippen molar-refractivity contribution in [3.05, 3.63) is 58.2 Å². The topological polar surface area (TPSA) is 45.2 Å². The number of nitrogens with one attached hydrogen (secondary N) is 1. The Kier molecular flexibility index (Phi) is 4.37. The highest BCUT2D eigenvalue weighted by atomic mass is 79.9. The molecule has 2 aliphatic rings. The monoisotopic (exact) mass is 385 g/mol. The molecule has 1 fully saturated rings. The van der Waals surface area contributed by atoms with Crippen LogP contribution in [0.15, 0.2) is 47.1 Å². The summed E-state index contributed by atoms with van der Waals surface area (Å²) in [7, 11) is 0. The van der Waals surface area contributed by atoms with Gasteiger partial charge in [0.1, 0.15) is 5.82 Å². The number of aryl methyl sites for hydroxylation is 1. The van der Waals surface area contributed by atoms with E-state index in [0.29, 0.717) is 24.4 Å². The second-order valence-electron chi connectivity index (χ2n) is 6.57. The fourth-order valence-electron chi connectivity index (χ4n) is 3.58. The van der Waals surface area contributed by atoms with E-state index in [1.165, 1.54) is 24.0 Å². The standard InChI is InChI=1S/C19H20BrN3O/c20-14-6-10-18(21-11-14)22-19(24)12-23(15-7-8-15)17-9-5-13-3-1-2-4-16(13)17/h1-4,6,10-11,15,17H,5,7-9,12H2,(H,21,22,24)/t17-/m0/s1. The van der Waals surface area contributed by atoms with Gasteiger partial charge in [-0.3, -0.25) is 9.69 Å². The van der Waals surface area contributed by atoms with Gasteiger partial charge in [0.25, 0.3) is 0 Å². The van der Waals surface area contributed by atoms with Gasteiger partial charge in [0.15, 0.2) is 0 Å². The predicted octanol–water partition coefficient (Wildman–Crippen LogP) is 3.93. The number of hydrogen-bond donors (Lipinski definition) is 1. The molecule has 1 aromatic carbocycles. The van der Waals surface area contributed by atoms with E-state index in [0.717, 1.165) is 17.3 Å². The summed E-state index contributed by atoms with van der Waals surface area (Å²) >= 11 is 3.36. The number of benzene rings is 1. The summed E-state index contributed by atoms with van der Waals surface area (Å²) < 4.78 is 0.905. The SMILES string of the molecule is O=C(CN(C1CC1)[C@H]1CCc2ccccc21)Nc1ccc(Br)cn1. The third-order valence-corrected chi connectivity index (χ3v) is 5.31. The lowest BCUT2D eigenvalue weighted by Gasteiger charge is -2.29. The average molecular weight is 386 g/mol. The summed E-state index contributed by atoms with van der Waals surface area (Å²) in [4.78, 5) is 19.1. The molecular weight excluding hydrogens is 366 g/mol. The van der Waals surface area contributed by atoms with E-state index in [2.05, 4.69) is 55.4 Å². The minimum Gasteiger partial charge on any atom is -0.310 e. The van der Waals surface area contributed by atoms with Gasteiger partial charge in [0.2, 0.25) is 5.91 Å². The van der Waals surface area contributed by atoms with E-state index >= 15 is 0 Å². The van der Waals surface area contributed by atoms with E-state index in [9.17, 15) is 4.79 Å². The van der Waals surface area contributed by atoms with Crippen LogP contribution in [0.3, 0.4) is 0 Å². The van der Waals surface area contributed by atoms with Crippen LogP contribution in [0, 0.1) is 0 Å². The molecule has 4 nitrogen and oxygen atoms in total. The van der Waals surface area contributed by atoms with Crippen molar-refractivity contribution in [1.29, 1.82) is 0 Å². The molecule has 5 heteroatoms. The molecule has 1 saturated carbocycles. The predicted molar refractivity (Wildman–Crippen MR) is 97.8 cm³/mol. The molecule has 1 atom stereocenters. The summed E-state index contributed by atoms with van der Waals surface area (Å²) in [6, 6.07) is 13.3. The van der Waals surface area contributed by atoms with Crippen LogP contribution in [-0.2, 0) is 11.2 Å². The summed E-state index contributed by atoms with van der Waals surface area (Å²) in [6.07, 6.45) is 6.31. The number of hydrogen-bond acceptors (Lipinski definition) is 3. The van der Waals surface area contributed by atoms with E-state index in [1.807, 2.05) is 12.1 Å². The maximum absolute atomic E-state index is 12.5. The van der Waals surface area contributed by atoms with Gasteiger partial charge in [-0.15, -0.1) is 0 Å². The number of fused-ring (bicyclic) bond motifs is 1. The van der Waals surface area contributed by atoms with Gasteiger partial charge in [0, 0.05) is 22.8 Å². The van der Waals surface area contributed by atoms with E-state index in [-0.39, 0.29) is 5.91 Å². The largest absolute Gasteiger partial charge is 0.310 e. The van der Waals surface area contributed by atoms with Gasteiger partial charge in [-0.25, -0.2) is 4.98 Å². The quantitative estimate of drug-likeness (QED) is 0.847. The van der Waals surface area contributed by atoms with Gasteiger partial charge in [0.05, 0.1) is 6.54 Å². The van der Waals surface area contributed by atoms with Crippen molar-refractivity contribution in [3.8, 4) is 0 Å². The first kappa shape index (κ1) is 15.8. The third-order valence-electron chi connectivity index (χ3n) is 4.84. The lowest BCUT2D eigenvalue weighted by molar-refractivity contribution is -0.118. The first-order valence-electron chi connectivity index (χ1n) is 8.45. The first-order valence-corrected chi connectivity index (χ1v) is 9.25. The molecule has 24 heavy (non-hydrogen) atoms. The molecular formula is C19H20BrN3O. The number of nitrogens with zero attached hydrogens (tertiary/aromatic N) is 2. The van der Waals surface area contributed by atoms with Crippen molar-refractivity contribution in [2.75, 3.05) is 11.9 Å². The van der Waals surface area contributed by atoms with Crippen LogP contribution < -0.4 is 5.32 Å². The third kappa shape index (κ3) is 3.37. The van der Waals surface area contributed by atoms with E-state index < -0.39 is 0 Å². The number of halogens is 1. The zero-order chi connectivity index (χ0) is 16.5. The van der Waals surface area contributed by atoms with Gasteiger partial charge in [-0.2, -0.15) is 0 Å². The van der Waals surface area contributed by atoms with Crippen molar-refractivity contribution in [3.63, 3.8) is 0 Å². The summed E-state index contributed by atoms with van der Waals surface area (Å²) in [5.41, 5.74) is 2.84. The average Bonchev–Trinajstić information content (AvgIpc) is 3.34. The lowest BCUT2D eigenvalue weighted by Crippen LogP contribution is -2.37. The van der Waals surface area contributed by atoms with Crippen LogP contribution in [0.5, 0.6) is 0 Å². The van der Waals surface area contributed by atoms with Crippen molar-refractivity contribution < 1.29 is 4.79 Å². The van der Waals surface area contributed by atoms with Crippen molar-refractivity contribution >= 4 is 27.7 Å². The highest BCUT2D eigenvalue weighted by Gasteiger charge is 2.38. The number of pyridine rings is 1. The molecule has 2 aromatic rings. The lowest BCUT2D eigenvalue weighted by atomic mass is 10.1. The summed E-state index contributed by atoms with van der Waals surface area (Å²) in [5, 5.41) is 2.92. The van der Waals surface area contributed by atoms with Crippen molar-refractivity contribution in [1.82, 2.24) is 9.88 Å². The minimum atomic E-state index is 0.0149. The summed E-state index contributed by atoms with van der Waals surface area (Å²) in [5.74, 6) is 0.617. The van der Waals surface area contributed by atoms with Gasteiger partial charge in [-0.1, -0.05) is 24.3 Å². The number of aromatic nitrogens is 1. The highest BCUT2D eigenvalue weighted by Crippen LogP contribution is 2.41. The maximum atomic E-state index is 12.5. The van der Waals surface area contributed by atoms with Crippen LogP contribution >= 0.6 is 15.9 Å². The molecule has 4 rings (SSSR count). The Morgan fingerprint density at radius 2 is 2.04 bits per heavy atom. The number of carbonyl (C=O) groups is 1. The van der Waals surface area contributed by atoms with E-state index in [4.69, 9.17) is 0 Å². The van der Waals surface area contributed by atoms with Crippen LogP contribution in [-0.4, -0.2) is 28.4 Å². The molecule has 0 saturated heterocycles. The molecule has 1 aromatic heterocycles. The van der Waals surface area contributed by atoms with Crippen LogP contribution in [0.2, 0.25) is 0 Å². The fraction of sp³-hybridized carbons (Fsp3) is 0.368. The second-order valence-corrected chi connectivity index (χ2v) is 7.48. The summed E-state index contributed by atoms with van der Waals surface area (Å²) in [6.45, 7) is 0.432. The van der Waals surface area contributed by atoms with Gasteiger partial charge in [-0.05, 0) is 64.9 Å². The van der Waals surface area contributed by atoms with Crippen molar-refractivity contribution in [2.24, 2.45) is 0 Å². The Bertz CT molecular complexity index is 743. The molecule has 0 unspecified atom stereocenters. The molecule has 1 N–H and O–H groups in total. The molecule has 124 valence electrons. The smallest absolute Gasteiger partial charge is 0.239 e. The number of rotatable bonds is 5. The Morgan fingerprint density at radius 1 is 1.21 bits per heavy atom. The molecule has 0 aliphatic heterocycles. The minimum absolute atomic E-state index is 0.0149. The zero-order valence-electron chi connectivity index (χ0n) is 13.4. The molecule has 0 radical (unpaired) electrons. The Hall–Kier alpha value is -1.72.